The van der Waals surface area contributed by atoms with Gasteiger partial charge in [0.25, 0.3) is 0 Å². The molecule has 4 rings (SSSR count). The van der Waals surface area contributed by atoms with Crippen molar-refractivity contribution in [1.29, 1.82) is 0 Å². The fourth-order valence-corrected chi connectivity index (χ4v) is 3.47. The van der Waals surface area contributed by atoms with Gasteiger partial charge < -0.3 is 0 Å². The van der Waals surface area contributed by atoms with Crippen LogP contribution < -0.4 is 0 Å². The molecule has 0 radical (unpaired) electrons. The molecule has 0 saturated carbocycles. The molecule has 0 aliphatic carbocycles. The van der Waals surface area contributed by atoms with Gasteiger partial charge in [-0.2, -0.15) is 14.7 Å². The van der Waals surface area contributed by atoms with Crippen molar-refractivity contribution in [2.75, 3.05) is 0 Å². The van der Waals surface area contributed by atoms with Crippen LogP contribution in [0, 0.1) is 6.92 Å². The smallest absolute Gasteiger partial charge is 0.235 e. The summed E-state index contributed by atoms with van der Waals surface area (Å²) < 4.78 is 3.51. The lowest BCUT2D eigenvalue weighted by Gasteiger charge is -1.99. The molecule has 0 aliphatic rings. The van der Waals surface area contributed by atoms with Gasteiger partial charge in [-0.15, -0.1) is 10.2 Å². The summed E-state index contributed by atoms with van der Waals surface area (Å²) in [7, 11) is 1.89. The molecule has 0 spiro atoms. The lowest BCUT2D eigenvalue weighted by Crippen LogP contribution is -1.91. The number of hydrogen-bond donors (Lipinski definition) is 0. The molecule has 0 saturated heterocycles. The number of aromatic nitrogens is 6. The Morgan fingerprint density at radius 1 is 1.09 bits per heavy atom. The number of aryl methyl sites for hydroxylation is 2. The molecule has 0 bridgehead atoms. The Morgan fingerprint density at radius 3 is 2.64 bits per heavy atom. The van der Waals surface area contributed by atoms with E-state index in [0.717, 1.165) is 26.8 Å². The molecular weight excluding hydrogens is 320 g/mol. The molecule has 0 amide bonds. The third kappa shape index (κ3) is 2.01. The standard InChI is InChI=1S/C14H11ClN6S/c1-8-10(7-20(2)18-8)13-19-21-12(16-17-14(21)22-13)9-5-3-4-6-11(9)15/h3-7H,1-2H3. The van der Waals surface area contributed by atoms with E-state index in [0.29, 0.717) is 10.8 Å². The van der Waals surface area contributed by atoms with Gasteiger partial charge >= 0.3 is 0 Å². The average molecular weight is 331 g/mol. The largest absolute Gasteiger partial charge is 0.275 e. The molecule has 0 fully saturated rings. The van der Waals surface area contributed by atoms with Crippen molar-refractivity contribution in [2.45, 2.75) is 6.92 Å². The quantitative estimate of drug-likeness (QED) is 0.566. The highest BCUT2D eigenvalue weighted by molar-refractivity contribution is 7.19. The number of halogens is 1. The number of fused-ring (bicyclic) bond motifs is 1. The van der Waals surface area contributed by atoms with Crippen molar-refractivity contribution in [3.63, 3.8) is 0 Å². The Bertz CT molecular complexity index is 982. The van der Waals surface area contributed by atoms with Crippen LogP contribution in [0.1, 0.15) is 5.69 Å². The predicted octanol–water partition coefficient (Wildman–Crippen LogP) is 3.22. The van der Waals surface area contributed by atoms with Crippen molar-refractivity contribution in [2.24, 2.45) is 7.05 Å². The van der Waals surface area contributed by atoms with Crippen LogP contribution in [0.15, 0.2) is 30.5 Å². The van der Waals surface area contributed by atoms with E-state index >= 15 is 0 Å². The first-order chi connectivity index (χ1) is 10.6. The highest BCUT2D eigenvalue weighted by Crippen LogP contribution is 2.31. The van der Waals surface area contributed by atoms with Crippen LogP contribution in [0.4, 0.5) is 0 Å². The van der Waals surface area contributed by atoms with Crippen LogP contribution in [-0.4, -0.2) is 29.6 Å². The zero-order valence-electron chi connectivity index (χ0n) is 11.9. The van der Waals surface area contributed by atoms with Crippen molar-refractivity contribution in [1.82, 2.24) is 29.6 Å². The molecule has 3 heterocycles. The highest BCUT2D eigenvalue weighted by atomic mass is 35.5. The molecule has 8 heteroatoms. The summed E-state index contributed by atoms with van der Waals surface area (Å²) in [6, 6.07) is 7.54. The second-order valence-electron chi connectivity index (χ2n) is 4.91. The molecule has 0 unspecified atom stereocenters. The van der Waals surface area contributed by atoms with E-state index < -0.39 is 0 Å². The van der Waals surface area contributed by atoms with E-state index in [1.165, 1.54) is 11.3 Å². The van der Waals surface area contributed by atoms with Gasteiger partial charge in [0.15, 0.2) is 10.8 Å². The Hall–Kier alpha value is -2.25. The van der Waals surface area contributed by atoms with E-state index in [1.807, 2.05) is 44.4 Å². The van der Waals surface area contributed by atoms with E-state index in [1.54, 1.807) is 9.20 Å². The van der Waals surface area contributed by atoms with Gasteiger partial charge in [-0.3, -0.25) is 4.68 Å². The maximum absolute atomic E-state index is 6.25. The minimum Gasteiger partial charge on any atom is -0.275 e. The zero-order valence-corrected chi connectivity index (χ0v) is 13.4. The van der Waals surface area contributed by atoms with Crippen molar-refractivity contribution in [3.8, 4) is 22.0 Å². The van der Waals surface area contributed by atoms with Gasteiger partial charge in [0.1, 0.15) is 0 Å². The van der Waals surface area contributed by atoms with Crippen LogP contribution in [0.2, 0.25) is 5.02 Å². The van der Waals surface area contributed by atoms with Crippen LogP contribution >= 0.6 is 22.9 Å². The third-order valence-electron chi connectivity index (χ3n) is 3.35. The molecule has 3 aromatic heterocycles. The summed E-state index contributed by atoms with van der Waals surface area (Å²) in [5.41, 5.74) is 2.76. The average Bonchev–Trinajstić information content (AvgIpc) is 3.13. The van der Waals surface area contributed by atoms with Gasteiger partial charge in [-0.25, -0.2) is 0 Å². The fourth-order valence-electron chi connectivity index (χ4n) is 2.35. The molecule has 0 N–H and O–H groups in total. The van der Waals surface area contributed by atoms with Crippen LogP contribution in [0.5, 0.6) is 0 Å². The maximum atomic E-state index is 6.25. The molecule has 1 aromatic carbocycles. The van der Waals surface area contributed by atoms with Gasteiger partial charge in [0, 0.05) is 18.8 Å². The van der Waals surface area contributed by atoms with E-state index in [2.05, 4.69) is 20.4 Å². The lowest BCUT2D eigenvalue weighted by molar-refractivity contribution is 0.756. The van der Waals surface area contributed by atoms with Gasteiger partial charge in [0.05, 0.1) is 16.3 Å². The van der Waals surface area contributed by atoms with Crippen molar-refractivity contribution in [3.05, 3.63) is 41.2 Å². The van der Waals surface area contributed by atoms with Crippen molar-refractivity contribution < 1.29 is 0 Å². The number of rotatable bonds is 2. The number of benzene rings is 1. The fraction of sp³-hybridized carbons (Fsp3) is 0.143. The summed E-state index contributed by atoms with van der Waals surface area (Å²) >= 11 is 7.73. The minimum absolute atomic E-state index is 0.629. The monoisotopic (exact) mass is 330 g/mol. The maximum Gasteiger partial charge on any atom is 0.235 e. The summed E-state index contributed by atoms with van der Waals surface area (Å²) in [6.07, 6.45) is 1.95. The number of nitrogens with zero attached hydrogens (tertiary/aromatic N) is 6. The lowest BCUT2D eigenvalue weighted by atomic mass is 10.2. The summed E-state index contributed by atoms with van der Waals surface area (Å²) in [4.78, 5) is 0.730. The first kappa shape index (κ1) is 13.4. The van der Waals surface area contributed by atoms with Gasteiger partial charge in [-0.05, 0) is 19.1 Å². The van der Waals surface area contributed by atoms with Crippen molar-refractivity contribution >= 4 is 27.9 Å². The highest BCUT2D eigenvalue weighted by Gasteiger charge is 2.18. The summed E-state index contributed by atoms with van der Waals surface area (Å²) in [6.45, 7) is 1.97. The summed E-state index contributed by atoms with van der Waals surface area (Å²) in [5, 5.41) is 18.9. The van der Waals surface area contributed by atoms with Crippen LogP contribution in [0.3, 0.4) is 0 Å². The Labute approximate surface area is 135 Å². The van der Waals surface area contributed by atoms with Crippen LogP contribution in [0.25, 0.3) is 26.9 Å². The van der Waals surface area contributed by atoms with E-state index in [4.69, 9.17) is 11.6 Å². The Kier molecular flexibility index (Phi) is 2.98. The molecule has 22 heavy (non-hydrogen) atoms. The molecule has 0 atom stereocenters. The molecule has 110 valence electrons. The SMILES string of the molecule is Cc1nn(C)cc1-c1nn2c(-c3ccccc3Cl)nnc2s1. The Balaban J connectivity index is 1.90. The second kappa shape index (κ2) is 4.89. The normalized spacial score (nSPS) is 11.4. The second-order valence-corrected chi connectivity index (χ2v) is 6.27. The predicted molar refractivity (Wildman–Crippen MR) is 86.0 cm³/mol. The first-order valence-corrected chi connectivity index (χ1v) is 7.80. The third-order valence-corrected chi connectivity index (χ3v) is 4.61. The zero-order chi connectivity index (χ0) is 15.3. The van der Waals surface area contributed by atoms with Crippen LogP contribution in [-0.2, 0) is 7.05 Å². The molecular formula is C14H11ClN6S. The van der Waals surface area contributed by atoms with Gasteiger partial charge in [-0.1, -0.05) is 35.1 Å². The topological polar surface area (TPSA) is 60.9 Å². The van der Waals surface area contributed by atoms with E-state index in [-0.39, 0.29) is 0 Å². The minimum atomic E-state index is 0.629. The first-order valence-electron chi connectivity index (χ1n) is 6.61. The Morgan fingerprint density at radius 2 is 1.91 bits per heavy atom. The summed E-state index contributed by atoms with van der Waals surface area (Å²) in [5.74, 6) is 0.643. The molecule has 0 aliphatic heterocycles. The van der Waals surface area contributed by atoms with Gasteiger partial charge in [0.2, 0.25) is 4.96 Å². The molecule has 6 nitrogen and oxygen atoms in total. The van der Waals surface area contributed by atoms with E-state index in [9.17, 15) is 0 Å². The number of hydrogen-bond acceptors (Lipinski definition) is 5. The molecule has 4 aromatic rings.